The molecule has 4 bridgehead atoms. The van der Waals surface area contributed by atoms with Crippen molar-refractivity contribution >= 4 is 12.1 Å². The van der Waals surface area contributed by atoms with Crippen LogP contribution in [0.1, 0.15) is 92.4 Å². The fourth-order valence-electron chi connectivity index (χ4n) is 13.8. The molecule has 222 valence electrons. The van der Waals surface area contributed by atoms with E-state index in [1.165, 1.54) is 19.3 Å². The Morgan fingerprint density at radius 3 is 2.46 bits per heavy atom. The number of epoxide rings is 3. The second-order valence-electron chi connectivity index (χ2n) is 17.3. The molecule has 8 nitrogen and oxygen atoms in total. The van der Waals surface area contributed by atoms with Gasteiger partial charge in [0, 0.05) is 16.5 Å². The van der Waals surface area contributed by atoms with Gasteiger partial charge in [0.15, 0.2) is 11.7 Å². The number of carbonyl (C=O) groups is 2. The van der Waals surface area contributed by atoms with Crippen LogP contribution < -0.4 is 5.32 Å². The summed E-state index contributed by atoms with van der Waals surface area (Å²) >= 11 is 0. The molecule has 0 aromatic rings. The predicted molar refractivity (Wildman–Crippen MR) is 145 cm³/mol. The van der Waals surface area contributed by atoms with Gasteiger partial charge < -0.3 is 29.0 Å². The average molecular weight is 566 g/mol. The van der Waals surface area contributed by atoms with Gasteiger partial charge in [0.25, 0.3) is 0 Å². The van der Waals surface area contributed by atoms with Crippen LogP contribution in [0.4, 0.5) is 4.79 Å². The van der Waals surface area contributed by atoms with E-state index in [4.69, 9.17) is 23.7 Å². The van der Waals surface area contributed by atoms with E-state index in [1.54, 1.807) is 0 Å². The fourth-order valence-corrected chi connectivity index (χ4v) is 13.8. The van der Waals surface area contributed by atoms with Crippen LogP contribution in [0.25, 0.3) is 0 Å². The average Bonchev–Trinajstić information content (AvgIpc) is 3.75. The first kappa shape index (κ1) is 24.8. The van der Waals surface area contributed by atoms with Crippen LogP contribution >= 0.6 is 0 Å². The number of rotatable bonds is 3. The number of hydrogen-bond donors (Lipinski definition) is 1. The van der Waals surface area contributed by atoms with E-state index in [0.29, 0.717) is 29.8 Å². The van der Waals surface area contributed by atoms with Gasteiger partial charge in [0.1, 0.15) is 30.0 Å². The van der Waals surface area contributed by atoms with Crippen molar-refractivity contribution in [2.45, 2.75) is 139 Å². The molecule has 11 aliphatic rings. The summed E-state index contributed by atoms with van der Waals surface area (Å²) in [4.78, 5) is 26.6. The first-order chi connectivity index (χ1) is 19.3. The summed E-state index contributed by atoms with van der Waals surface area (Å²) in [6, 6.07) is 0. The van der Waals surface area contributed by atoms with E-state index in [9.17, 15) is 9.59 Å². The lowest BCUT2D eigenvalue weighted by atomic mass is 9.43. The Morgan fingerprint density at radius 2 is 1.76 bits per heavy atom. The Bertz CT molecular complexity index is 1350. The van der Waals surface area contributed by atoms with E-state index >= 15 is 0 Å². The third-order valence-corrected chi connectivity index (χ3v) is 14.3. The highest BCUT2D eigenvalue weighted by molar-refractivity contribution is 5.92. The Morgan fingerprint density at radius 1 is 1.00 bits per heavy atom. The number of ether oxygens (including phenoxy) is 5. The monoisotopic (exact) mass is 565 g/mol. The minimum atomic E-state index is -0.710. The number of esters is 1. The van der Waals surface area contributed by atoms with Gasteiger partial charge in [0.05, 0.1) is 6.10 Å². The third-order valence-electron chi connectivity index (χ3n) is 14.3. The molecule has 0 aromatic carbocycles. The van der Waals surface area contributed by atoms with Crippen LogP contribution in [-0.4, -0.2) is 65.4 Å². The molecule has 6 saturated carbocycles. The third kappa shape index (κ3) is 2.57. The Kier molecular flexibility index (Phi) is 4.05. The second kappa shape index (κ2) is 6.71. The number of nitrogens with one attached hydrogen (secondary N) is 1. The molecule has 9 fully saturated rings. The highest BCUT2D eigenvalue weighted by atomic mass is 16.8. The molecule has 2 spiro atoms. The van der Waals surface area contributed by atoms with Crippen LogP contribution in [0, 0.1) is 34.0 Å². The van der Waals surface area contributed by atoms with E-state index in [-0.39, 0.29) is 53.2 Å². The maximum absolute atomic E-state index is 14.1. The van der Waals surface area contributed by atoms with Gasteiger partial charge in [-0.25, -0.2) is 9.59 Å². The predicted octanol–water partition coefficient (Wildman–Crippen LogP) is 4.59. The summed E-state index contributed by atoms with van der Waals surface area (Å²) in [5, 5.41) is 3.50. The molecule has 3 saturated heterocycles. The summed E-state index contributed by atoms with van der Waals surface area (Å²) in [5.74, 6) is 0.840. The van der Waals surface area contributed by atoms with Gasteiger partial charge in [-0.2, -0.15) is 0 Å². The van der Waals surface area contributed by atoms with Crippen molar-refractivity contribution in [1.82, 2.24) is 5.32 Å². The largest absolute Gasteiger partial charge is 0.458 e. The van der Waals surface area contributed by atoms with E-state index in [0.717, 1.165) is 43.3 Å². The topological polar surface area (TPSA) is 102 Å². The van der Waals surface area contributed by atoms with Gasteiger partial charge in [0.2, 0.25) is 0 Å². The summed E-state index contributed by atoms with van der Waals surface area (Å²) in [6.45, 7) is 11.9. The van der Waals surface area contributed by atoms with Crippen molar-refractivity contribution in [1.29, 1.82) is 0 Å². The Hall–Kier alpha value is -1.64. The summed E-state index contributed by atoms with van der Waals surface area (Å²) in [5.41, 5.74) is 0.298. The summed E-state index contributed by atoms with van der Waals surface area (Å²) in [6.07, 6.45) is 8.18. The molecule has 1 N–H and O–H groups in total. The molecule has 11 atom stereocenters. The zero-order valence-corrected chi connectivity index (χ0v) is 25.0. The fraction of sp³-hybridized carbons (Fsp3) is 0.879. The number of carbonyl (C=O) groups excluding carboxylic acids is 2. The Labute approximate surface area is 241 Å². The molecule has 41 heavy (non-hydrogen) atoms. The molecule has 7 aliphatic carbocycles. The highest BCUT2D eigenvalue weighted by Gasteiger charge is 3.01. The molecule has 1 amide bonds. The molecule has 8 heteroatoms. The van der Waals surface area contributed by atoms with Crippen LogP contribution in [0.15, 0.2) is 11.1 Å². The summed E-state index contributed by atoms with van der Waals surface area (Å²) in [7, 11) is 0. The van der Waals surface area contributed by atoms with E-state index in [1.807, 2.05) is 0 Å². The maximum Gasteiger partial charge on any atom is 0.408 e. The van der Waals surface area contributed by atoms with Gasteiger partial charge in [-0.15, -0.1) is 0 Å². The number of fused-ring (bicyclic) bond motifs is 4. The standard InChI is InChI=1S/C33H43NO7/c1-16(2)31-22(40-31)23-33(41-23)29(5)7-6-18-19(12-37-24(18)35)20(29)8-21-32(33,39-21)25(31)38-26(36)34-30-11-17-9-27(3,14-30)13-28(4,10-17)15-30/h16-17,20-23,25H,6-15H2,1-5H3,(H,34,36)/t17?,20-,21-,22-,23-,25+,27?,28?,29-,30?,31-,32+,33+/m0/s1. The molecule has 0 aromatic heterocycles. The molecule has 11 rings (SSSR count). The van der Waals surface area contributed by atoms with Crippen LogP contribution in [0.2, 0.25) is 0 Å². The zero-order valence-electron chi connectivity index (χ0n) is 25.0. The van der Waals surface area contributed by atoms with Crippen molar-refractivity contribution in [3.8, 4) is 0 Å². The zero-order chi connectivity index (χ0) is 28.2. The van der Waals surface area contributed by atoms with Crippen LogP contribution in [-0.2, 0) is 28.5 Å². The van der Waals surface area contributed by atoms with Gasteiger partial charge >= 0.3 is 12.1 Å². The lowest BCUT2D eigenvalue weighted by molar-refractivity contribution is -0.136. The smallest absolute Gasteiger partial charge is 0.408 e. The molecule has 0 radical (unpaired) electrons. The van der Waals surface area contributed by atoms with E-state index in [2.05, 4.69) is 39.9 Å². The molecule has 2 unspecified atom stereocenters. The molecular formula is C33H43NO7. The summed E-state index contributed by atoms with van der Waals surface area (Å²) < 4.78 is 32.5. The lowest BCUT2D eigenvalue weighted by Crippen LogP contribution is -2.71. The van der Waals surface area contributed by atoms with Gasteiger partial charge in [-0.3, -0.25) is 0 Å². The van der Waals surface area contributed by atoms with Crippen molar-refractivity contribution in [2.24, 2.45) is 34.0 Å². The minimum absolute atomic E-state index is 0.0752. The number of hydrogen-bond acceptors (Lipinski definition) is 7. The molecule has 4 aliphatic heterocycles. The quantitative estimate of drug-likeness (QED) is 0.395. The van der Waals surface area contributed by atoms with Crippen molar-refractivity contribution in [3.05, 3.63) is 11.1 Å². The van der Waals surface area contributed by atoms with E-state index < -0.39 is 22.9 Å². The van der Waals surface area contributed by atoms with Crippen LogP contribution in [0.3, 0.4) is 0 Å². The van der Waals surface area contributed by atoms with Gasteiger partial charge in [-0.1, -0.05) is 34.6 Å². The van der Waals surface area contributed by atoms with Crippen molar-refractivity contribution < 1.29 is 33.3 Å². The number of alkyl carbamates (subject to hydrolysis) is 1. The van der Waals surface area contributed by atoms with Crippen molar-refractivity contribution in [3.63, 3.8) is 0 Å². The van der Waals surface area contributed by atoms with Crippen LogP contribution in [0.5, 0.6) is 0 Å². The first-order valence-corrected chi connectivity index (χ1v) is 16.2. The number of amides is 1. The lowest BCUT2D eigenvalue weighted by Gasteiger charge is -2.65. The normalized spacial score (nSPS) is 61.2. The molecular weight excluding hydrogens is 522 g/mol. The van der Waals surface area contributed by atoms with Crippen molar-refractivity contribution in [2.75, 3.05) is 6.61 Å². The molecule has 4 heterocycles. The minimum Gasteiger partial charge on any atom is -0.458 e. The van der Waals surface area contributed by atoms with Gasteiger partial charge in [-0.05, 0) is 91.9 Å². The Balaban J connectivity index is 1.01. The SMILES string of the molecule is CC(C)[C@]12O[C@H]1[C@@H]1O[C@]13[C@]1(O[C@H]1C[C@H]1C4=C(CC[C@@]13C)C(=O)OC4)[C@@H]2OC(=O)NC12CC3CC(C)(CC(C)(C3)C1)C2. The second-order valence-corrected chi connectivity index (χ2v) is 17.3. The maximum atomic E-state index is 14.1. The first-order valence-electron chi connectivity index (χ1n) is 16.2. The highest BCUT2D eigenvalue weighted by Crippen LogP contribution is 2.83. The number of cyclic esters (lactones) is 1.